The van der Waals surface area contributed by atoms with Crippen molar-refractivity contribution in [3.8, 4) is 11.6 Å². The molecule has 112 valence electrons. The number of pyridine rings is 1. The van der Waals surface area contributed by atoms with Crippen molar-refractivity contribution in [3.63, 3.8) is 0 Å². The van der Waals surface area contributed by atoms with E-state index in [-0.39, 0.29) is 12.0 Å². The van der Waals surface area contributed by atoms with Gasteiger partial charge in [0, 0.05) is 16.5 Å². The van der Waals surface area contributed by atoms with Crippen LogP contribution in [0.1, 0.15) is 32.0 Å². The fourth-order valence-corrected chi connectivity index (χ4v) is 2.52. The number of hydrogen-bond donors (Lipinski definition) is 1. The fraction of sp³-hybridized carbons (Fsp3) is 0.312. The molecule has 0 atom stereocenters. The number of aliphatic hydroxyl groups excluding tert-OH is 1. The topological polar surface area (TPSA) is 42.4 Å². The summed E-state index contributed by atoms with van der Waals surface area (Å²) in [5, 5.41) is 10.0. The number of aromatic nitrogens is 1. The van der Waals surface area contributed by atoms with Gasteiger partial charge < -0.3 is 9.84 Å². The zero-order valence-electron chi connectivity index (χ0n) is 12.2. The second kappa shape index (κ2) is 6.34. The van der Waals surface area contributed by atoms with Crippen LogP contribution in [0.15, 0.2) is 34.8 Å². The highest BCUT2D eigenvalue weighted by Crippen LogP contribution is 2.32. The van der Waals surface area contributed by atoms with Crippen LogP contribution in [0.2, 0.25) is 5.02 Å². The lowest BCUT2D eigenvalue weighted by atomic mass is 9.91. The van der Waals surface area contributed by atoms with Crippen molar-refractivity contribution in [3.05, 3.63) is 51.1 Å². The molecular weight excluding hydrogens is 354 g/mol. The zero-order valence-corrected chi connectivity index (χ0v) is 14.5. The smallest absolute Gasteiger partial charge is 0.219 e. The van der Waals surface area contributed by atoms with Crippen LogP contribution in [-0.2, 0) is 12.0 Å². The number of rotatable bonds is 3. The van der Waals surface area contributed by atoms with Gasteiger partial charge in [-0.1, -0.05) is 32.4 Å². The van der Waals surface area contributed by atoms with Gasteiger partial charge in [-0.3, -0.25) is 0 Å². The maximum atomic E-state index is 9.40. The van der Waals surface area contributed by atoms with Crippen LogP contribution in [0.4, 0.5) is 0 Å². The first-order valence-corrected chi connectivity index (χ1v) is 7.72. The van der Waals surface area contributed by atoms with E-state index in [4.69, 9.17) is 16.3 Å². The minimum absolute atomic E-state index is 0.0518. The van der Waals surface area contributed by atoms with Gasteiger partial charge in [-0.15, -0.1) is 0 Å². The molecular formula is C16H17BrClNO2. The molecule has 2 aromatic rings. The minimum atomic E-state index is -0.124. The van der Waals surface area contributed by atoms with E-state index in [2.05, 4.69) is 41.7 Å². The van der Waals surface area contributed by atoms with Crippen molar-refractivity contribution in [1.82, 2.24) is 4.98 Å². The maximum Gasteiger partial charge on any atom is 0.219 e. The first kappa shape index (κ1) is 16.3. The Bertz CT molecular complexity index is 653. The van der Waals surface area contributed by atoms with E-state index >= 15 is 0 Å². The van der Waals surface area contributed by atoms with Crippen LogP contribution in [0.3, 0.4) is 0 Å². The lowest BCUT2D eigenvalue weighted by molar-refractivity contribution is 0.280. The fourth-order valence-electron chi connectivity index (χ4n) is 1.76. The summed E-state index contributed by atoms with van der Waals surface area (Å²) in [5.41, 5.74) is 1.52. The Morgan fingerprint density at radius 1 is 1.24 bits per heavy atom. The molecule has 0 bridgehead atoms. The Labute approximate surface area is 138 Å². The normalized spacial score (nSPS) is 11.5. The van der Waals surface area contributed by atoms with Gasteiger partial charge in [-0.25, -0.2) is 4.98 Å². The Morgan fingerprint density at radius 2 is 1.95 bits per heavy atom. The third-order valence-electron chi connectivity index (χ3n) is 2.92. The maximum absolute atomic E-state index is 9.40. The summed E-state index contributed by atoms with van der Waals surface area (Å²) in [7, 11) is 0. The lowest BCUT2D eigenvalue weighted by Gasteiger charge is -2.19. The van der Waals surface area contributed by atoms with Gasteiger partial charge in [0.2, 0.25) is 5.88 Å². The summed E-state index contributed by atoms with van der Waals surface area (Å²) in [5.74, 6) is 1.08. The van der Waals surface area contributed by atoms with Crippen molar-refractivity contribution in [2.24, 2.45) is 0 Å². The highest BCUT2D eigenvalue weighted by atomic mass is 79.9. The molecule has 21 heavy (non-hydrogen) atoms. The molecule has 1 aromatic heterocycles. The highest BCUT2D eigenvalue weighted by Gasteiger charge is 2.18. The average molecular weight is 371 g/mol. The molecule has 0 fully saturated rings. The van der Waals surface area contributed by atoms with Crippen LogP contribution in [0.25, 0.3) is 0 Å². The highest BCUT2D eigenvalue weighted by molar-refractivity contribution is 9.10. The van der Waals surface area contributed by atoms with Gasteiger partial charge in [0.15, 0.2) is 0 Å². The number of benzene rings is 1. The van der Waals surface area contributed by atoms with Gasteiger partial charge in [0.25, 0.3) is 0 Å². The predicted octanol–water partition coefficient (Wildman–Crippen LogP) is 5.08. The van der Waals surface area contributed by atoms with Crippen molar-refractivity contribution < 1.29 is 9.84 Å². The third kappa shape index (κ3) is 4.19. The van der Waals surface area contributed by atoms with E-state index in [1.165, 1.54) is 0 Å². The Kier molecular flexibility index (Phi) is 4.91. The largest absolute Gasteiger partial charge is 0.438 e. The van der Waals surface area contributed by atoms with E-state index in [9.17, 15) is 5.11 Å². The van der Waals surface area contributed by atoms with Crippen LogP contribution in [0.5, 0.6) is 11.6 Å². The molecule has 1 heterocycles. The van der Waals surface area contributed by atoms with Gasteiger partial charge in [0.05, 0.1) is 16.8 Å². The summed E-state index contributed by atoms with van der Waals surface area (Å²) in [6.07, 6.45) is 0. The molecule has 0 saturated heterocycles. The zero-order chi connectivity index (χ0) is 15.6. The molecule has 0 aliphatic rings. The Hall–Kier alpha value is -1.10. The van der Waals surface area contributed by atoms with Crippen LogP contribution in [-0.4, -0.2) is 10.1 Å². The van der Waals surface area contributed by atoms with Crippen molar-refractivity contribution in [2.75, 3.05) is 0 Å². The van der Waals surface area contributed by atoms with Gasteiger partial charge in [-0.2, -0.15) is 0 Å². The van der Waals surface area contributed by atoms with Crippen LogP contribution in [0, 0.1) is 0 Å². The van der Waals surface area contributed by atoms with Gasteiger partial charge in [0.1, 0.15) is 5.75 Å². The second-order valence-electron chi connectivity index (χ2n) is 5.78. The summed E-state index contributed by atoms with van der Waals surface area (Å²) in [6, 6.07) is 8.91. The molecule has 0 unspecified atom stereocenters. The molecule has 1 aromatic carbocycles. The first-order chi connectivity index (χ1) is 9.79. The molecule has 5 heteroatoms. The first-order valence-electron chi connectivity index (χ1n) is 6.55. The average Bonchev–Trinajstić information content (AvgIpc) is 2.40. The minimum Gasteiger partial charge on any atom is -0.438 e. The standard InChI is InChI=1S/C16H17BrClNO2/c1-16(2,3)14-6-10(9-20)7-15(19-14)21-13-5-4-11(18)8-12(13)17/h4-8,20H,9H2,1-3H3. The van der Waals surface area contributed by atoms with E-state index in [1.807, 2.05) is 6.07 Å². The third-order valence-corrected chi connectivity index (χ3v) is 3.78. The quantitative estimate of drug-likeness (QED) is 0.819. The summed E-state index contributed by atoms with van der Waals surface area (Å²) < 4.78 is 6.57. The molecule has 2 rings (SSSR count). The molecule has 0 spiro atoms. The number of ether oxygens (including phenoxy) is 1. The van der Waals surface area contributed by atoms with Gasteiger partial charge in [-0.05, 0) is 45.8 Å². The molecule has 1 N–H and O–H groups in total. The summed E-state index contributed by atoms with van der Waals surface area (Å²) in [6.45, 7) is 6.15. The van der Waals surface area contributed by atoms with Crippen LogP contribution >= 0.6 is 27.5 Å². The number of nitrogens with zero attached hydrogens (tertiary/aromatic N) is 1. The molecule has 0 amide bonds. The van der Waals surface area contributed by atoms with E-state index in [0.717, 1.165) is 15.7 Å². The van der Waals surface area contributed by atoms with Crippen molar-refractivity contribution >= 4 is 27.5 Å². The summed E-state index contributed by atoms with van der Waals surface area (Å²) >= 11 is 9.33. The molecule has 0 saturated carbocycles. The second-order valence-corrected chi connectivity index (χ2v) is 7.07. The van der Waals surface area contributed by atoms with Gasteiger partial charge >= 0.3 is 0 Å². The monoisotopic (exact) mass is 369 g/mol. The SMILES string of the molecule is CC(C)(C)c1cc(CO)cc(Oc2ccc(Cl)cc2Br)n1. The molecule has 3 nitrogen and oxygen atoms in total. The summed E-state index contributed by atoms with van der Waals surface area (Å²) in [4.78, 5) is 4.52. The molecule has 0 aliphatic heterocycles. The molecule has 0 aliphatic carbocycles. The van der Waals surface area contributed by atoms with E-state index in [1.54, 1.807) is 24.3 Å². The van der Waals surface area contributed by atoms with E-state index in [0.29, 0.717) is 16.7 Å². The Morgan fingerprint density at radius 3 is 2.52 bits per heavy atom. The number of halogens is 2. The Balaban J connectivity index is 2.39. The predicted molar refractivity (Wildman–Crippen MR) is 88.1 cm³/mol. The molecule has 0 radical (unpaired) electrons. The van der Waals surface area contributed by atoms with Crippen molar-refractivity contribution in [1.29, 1.82) is 0 Å². The number of hydrogen-bond acceptors (Lipinski definition) is 3. The van der Waals surface area contributed by atoms with E-state index < -0.39 is 0 Å². The van der Waals surface area contributed by atoms with Crippen LogP contribution < -0.4 is 4.74 Å². The lowest BCUT2D eigenvalue weighted by Crippen LogP contribution is -2.14. The number of aliphatic hydroxyl groups is 1. The van der Waals surface area contributed by atoms with Crippen molar-refractivity contribution in [2.45, 2.75) is 32.8 Å².